The quantitative estimate of drug-likeness (QED) is 0.547. The molecule has 3 aromatic rings. The van der Waals surface area contributed by atoms with E-state index in [1.165, 1.54) is 11.3 Å². The van der Waals surface area contributed by atoms with Gasteiger partial charge in [-0.2, -0.15) is 0 Å². The van der Waals surface area contributed by atoms with E-state index in [1.807, 2.05) is 51.1 Å². The second kappa shape index (κ2) is 8.17. The number of aryl methyl sites for hydroxylation is 1. The predicted molar refractivity (Wildman–Crippen MR) is 115 cm³/mol. The van der Waals surface area contributed by atoms with Crippen molar-refractivity contribution < 1.29 is 14.7 Å². The average molecular weight is 414 g/mol. The summed E-state index contributed by atoms with van der Waals surface area (Å²) in [7, 11) is 0. The molecular weight excluding hydrogens is 394 g/mol. The van der Waals surface area contributed by atoms with Crippen LogP contribution < -0.4 is 4.90 Å². The molecule has 0 atom stereocenters. The van der Waals surface area contributed by atoms with Gasteiger partial charge in [0.2, 0.25) is 0 Å². The third kappa shape index (κ3) is 3.96. The second-order valence-electron chi connectivity index (χ2n) is 6.72. The molecule has 0 spiro atoms. The second-order valence-corrected chi connectivity index (χ2v) is 8.21. The zero-order chi connectivity index (χ0) is 20.4. The van der Waals surface area contributed by atoms with Gasteiger partial charge in [-0.1, -0.05) is 41.9 Å². The number of thiophene rings is 1. The Labute approximate surface area is 173 Å². The summed E-state index contributed by atoms with van der Waals surface area (Å²) in [6, 6.07) is 16.2. The van der Waals surface area contributed by atoms with Gasteiger partial charge in [0.25, 0.3) is 5.91 Å². The van der Waals surface area contributed by atoms with Gasteiger partial charge in [-0.3, -0.25) is 4.79 Å². The average Bonchev–Trinajstić information content (AvgIpc) is 3.07. The topological polar surface area (TPSA) is 57.6 Å². The molecule has 28 heavy (non-hydrogen) atoms. The summed E-state index contributed by atoms with van der Waals surface area (Å²) >= 11 is 7.19. The molecule has 2 aromatic carbocycles. The number of hydrogen-bond acceptors (Lipinski definition) is 3. The van der Waals surface area contributed by atoms with Crippen LogP contribution in [0.4, 0.5) is 5.69 Å². The number of hydrogen-bond donors (Lipinski definition) is 1. The highest BCUT2D eigenvalue weighted by Gasteiger charge is 2.28. The van der Waals surface area contributed by atoms with Crippen LogP contribution in [0.1, 0.15) is 39.4 Å². The van der Waals surface area contributed by atoms with Crippen LogP contribution in [-0.2, 0) is 0 Å². The molecular formula is C22H20ClNO3S. The number of aromatic carboxylic acids is 1. The van der Waals surface area contributed by atoms with Crippen LogP contribution in [0.15, 0.2) is 54.6 Å². The molecule has 1 aromatic heterocycles. The number of benzene rings is 2. The fourth-order valence-electron chi connectivity index (χ4n) is 3.08. The first kappa shape index (κ1) is 20.1. The van der Waals surface area contributed by atoms with E-state index in [4.69, 9.17) is 11.6 Å². The van der Waals surface area contributed by atoms with Crippen LogP contribution in [0.25, 0.3) is 10.4 Å². The number of nitrogens with zero attached hydrogens (tertiary/aromatic N) is 1. The van der Waals surface area contributed by atoms with Crippen LogP contribution in [-0.4, -0.2) is 23.0 Å². The maximum atomic E-state index is 13.3. The Morgan fingerprint density at radius 1 is 1.07 bits per heavy atom. The molecule has 1 N–H and O–H groups in total. The number of carbonyl (C=O) groups excluding carboxylic acids is 1. The van der Waals surface area contributed by atoms with Crippen molar-refractivity contribution in [1.82, 2.24) is 0 Å². The van der Waals surface area contributed by atoms with E-state index in [-0.39, 0.29) is 16.8 Å². The Kier molecular flexibility index (Phi) is 5.87. The third-order valence-electron chi connectivity index (χ3n) is 4.38. The molecule has 0 aliphatic heterocycles. The lowest BCUT2D eigenvalue weighted by Gasteiger charge is -2.27. The molecule has 0 saturated heterocycles. The number of amides is 1. The van der Waals surface area contributed by atoms with Gasteiger partial charge in [-0.15, -0.1) is 11.3 Å². The summed E-state index contributed by atoms with van der Waals surface area (Å²) in [6.45, 7) is 5.56. The Morgan fingerprint density at radius 2 is 1.75 bits per heavy atom. The van der Waals surface area contributed by atoms with Gasteiger partial charge in [-0.25, -0.2) is 4.79 Å². The van der Waals surface area contributed by atoms with Crippen LogP contribution in [0, 0.1) is 6.92 Å². The Balaban J connectivity index is 2.13. The van der Waals surface area contributed by atoms with E-state index in [0.29, 0.717) is 16.3 Å². The summed E-state index contributed by atoms with van der Waals surface area (Å²) < 4.78 is 0. The van der Waals surface area contributed by atoms with Gasteiger partial charge in [-0.05, 0) is 56.2 Å². The molecule has 3 rings (SSSR count). The van der Waals surface area contributed by atoms with Gasteiger partial charge in [0.15, 0.2) is 0 Å². The molecule has 1 amide bonds. The molecule has 0 saturated carbocycles. The highest BCUT2D eigenvalue weighted by Crippen LogP contribution is 2.38. The number of carboxylic acids is 1. The van der Waals surface area contributed by atoms with Crippen molar-refractivity contribution in [2.24, 2.45) is 0 Å². The third-order valence-corrected chi connectivity index (χ3v) is 5.78. The molecule has 0 aliphatic carbocycles. The van der Waals surface area contributed by atoms with Crippen molar-refractivity contribution in [3.63, 3.8) is 0 Å². The molecule has 4 nitrogen and oxygen atoms in total. The highest BCUT2D eigenvalue weighted by atomic mass is 35.5. The molecule has 144 valence electrons. The lowest BCUT2D eigenvalue weighted by Crippen LogP contribution is -2.38. The van der Waals surface area contributed by atoms with Crippen LogP contribution in [0.3, 0.4) is 0 Å². The van der Waals surface area contributed by atoms with E-state index in [2.05, 4.69) is 0 Å². The van der Waals surface area contributed by atoms with Crippen molar-refractivity contribution >= 4 is 40.5 Å². The van der Waals surface area contributed by atoms with Crippen molar-refractivity contribution in [3.8, 4) is 10.4 Å². The van der Waals surface area contributed by atoms with Gasteiger partial charge >= 0.3 is 5.97 Å². The Hall–Kier alpha value is -2.63. The number of anilines is 1. The zero-order valence-electron chi connectivity index (χ0n) is 15.8. The van der Waals surface area contributed by atoms with Gasteiger partial charge in [0.05, 0.1) is 5.69 Å². The fraction of sp³-hybridized carbons (Fsp3) is 0.182. The minimum atomic E-state index is -1.05. The molecule has 0 radical (unpaired) electrons. The van der Waals surface area contributed by atoms with E-state index in [1.54, 1.807) is 29.2 Å². The summed E-state index contributed by atoms with van der Waals surface area (Å²) in [5.74, 6) is -1.29. The van der Waals surface area contributed by atoms with Gasteiger partial charge in [0, 0.05) is 21.5 Å². The summed E-state index contributed by atoms with van der Waals surface area (Å²) in [5.41, 5.74) is 2.58. The maximum Gasteiger partial charge on any atom is 0.348 e. The van der Waals surface area contributed by atoms with Crippen molar-refractivity contribution in [2.45, 2.75) is 26.8 Å². The SMILES string of the molecule is Cc1cc(Cl)ccc1C(=O)N(c1cc(-c2ccccc2)sc1C(=O)O)C(C)C. The molecule has 0 aliphatic rings. The number of rotatable bonds is 5. The first-order valence-electron chi connectivity index (χ1n) is 8.82. The van der Waals surface area contributed by atoms with E-state index < -0.39 is 5.97 Å². The molecule has 6 heteroatoms. The molecule has 0 fully saturated rings. The number of carboxylic acid groups (broad SMARTS) is 1. The first-order chi connectivity index (χ1) is 13.3. The van der Waals surface area contributed by atoms with Crippen molar-refractivity contribution in [2.75, 3.05) is 4.90 Å². The Morgan fingerprint density at radius 3 is 2.32 bits per heavy atom. The van der Waals surface area contributed by atoms with Gasteiger partial charge < -0.3 is 10.0 Å². The normalized spacial score (nSPS) is 10.9. The molecule has 0 bridgehead atoms. The van der Waals surface area contributed by atoms with Crippen molar-refractivity contribution in [1.29, 1.82) is 0 Å². The number of halogens is 1. The molecule has 1 heterocycles. The highest BCUT2D eigenvalue weighted by molar-refractivity contribution is 7.18. The monoisotopic (exact) mass is 413 g/mol. The van der Waals surface area contributed by atoms with Crippen LogP contribution in [0.2, 0.25) is 5.02 Å². The minimum Gasteiger partial charge on any atom is -0.477 e. The van der Waals surface area contributed by atoms with E-state index in [0.717, 1.165) is 16.0 Å². The summed E-state index contributed by atoms with van der Waals surface area (Å²) in [6.07, 6.45) is 0. The maximum absolute atomic E-state index is 13.3. The standard InChI is InChI=1S/C22H20ClNO3S/c1-13(2)24(21(25)17-10-9-16(23)11-14(17)3)18-12-19(28-20(18)22(26)27)15-7-5-4-6-8-15/h4-13H,1-3H3,(H,26,27). The lowest BCUT2D eigenvalue weighted by molar-refractivity contribution is 0.0703. The summed E-state index contributed by atoms with van der Waals surface area (Å²) in [5, 5.41) is 10.3. The van der Waals surface area contributed by atoms with Crippen molar-refractivity contribution in [3.05, 3.63) is 75.6 Å². The molecule has 0 unspecified atom stereocenters. The first-order valence-corrected chi connectivity index (χ1v) is 10.0. The summed E-state index contributed by atoms with van der Waals surface area (Å²) in [4.78, 5) is 27.7. The zero-order valence-corrected chi connectivity index (χ0v) is 17.3. The predicted octanol–water partition coefficient (Wildman–Crippen LogP) is 6.13. The fourth-order valence-corrected chi connectivity index (χ4v) is 4.30. The minimum absolute atomic E-state index is 0.146. The Bertz CT molecular complexity index is 1030. The largest absolute Gasteiger partial charge is 0.477 e. The van der Waals surface area contributed by atoms with Gasteiger partial charge in [0.1, 0.15) is 4.88 Å². The smallest absolute Gasteiger partial charge is 0.348 e. The van der Waals surface area contributed by atoms with Crippen LogP contribution in [0.5, 0.6) is 0 Å². The van der Waals surface area contributed by atoms with E-state index in [9.17, 15) is 14.7 Å². The number of carbonyl (C=O) groups is 2. The van der Waals surface area contributed by atoms with Crippen LogP contribution >= 0.6 is 22.9 Å². The van der Waals surface area contributed by atoms with E-state index >= 15 is 0 Å². The lowest BCUT2D eigenvalue weighted by atomic mass is 10.1.